The molecule has 0 radical (unpaired) electrons. The molecule has 0 saturated heterocycles. The van der Waals surface area contributed by atoms with E-state index in [2.05, 4.69) is 45.5 Å². The van der Waals surface area contributed by atoms with Gasteiger partial charge in [-0.3, -0.25) is 4.79 Å². The number of aryl methyl sites for hydroxylation is 2. The molecule has 3 aromatic rings. The van der Waals surface area contributed by atoms with Crippen LogP contribution in [-0.2, 0) is 52.0 Å². The van der Waals surface area contributed by atoms with Crippen molar-refractivity contribution in [3.8, 4) is 17.0 Å². The summed E-state index contributed by atoms with van der Waals surface area (Å²) in [5, 5.41) is 7.00. The minimum absolute atomic E-state index is 0.0330. The van der Waals surface area contributed by atoms with E-state index in [0.29, 0.717) is 25.6 Å². The molecule has 2 N–H and O–H groups in total. The number of hydrogen-bond donors (Lipinski definition) is 2. The van der Waals surface area contributed by atoms with E-state index in [1.54, 1.807) is 7.05 Å². The minimum atomic E-state index is -4.13. The van der Waals surface area contributed by atoms with Crippen LogP contribution in [0.2, 0.25) is 0 Å². The fourth-order valence-electron chi connectivity index (χ4n) is 4.95. The van der Waals surface area contributed by atoms with Crippen molar-refractivity contribution in [2.24, 2.45) is 0 Å². The summed E-state index contributed by atoms with van der Waals surface area (Å²) in [5.74, 6) is -0.232. The van der Waals surface area contributed by atoms with Gasteiger partial charge in [-0.1, -0.05) is 31.2 Å². The van der Waals surface area contributed by atoms with Crippen molar-refractivity contribution in [1.82, 2.24) is 19.8 Å². The van der Waals surface area contributed by atoms with Gasteiger partial charge in [0.2, 0.25) is 16.8 Å². The van der Waals surface area contributed by atoms with Crippen LogP contribution in [0.1, 0.15) is 34.7 Å². The molecule has 3 heterocycles. The summed E-state index contributed by atoms with van der Waals surface area (Å²) >= 11 is 0. The van der Waals surface area contributed by atoms with Crippen molar-refractivity contribution < 1.29 is 22.7 Å². The molecule has 2 aliphatic rings. The largest absolute Gasteiger partial charge is 0.476 e. The van der Waals surface area contributed by atoms with Gasteiger partial charge >= 0.3 is 0 Å². The van der Waals surface area contributed by atoms with Gasteiger partial charge in [0.1, 0.15) is 6.61 Å². The highest BCUT2D eigenvalue weighted by Crippen LogP contribution is 2.30. The van der Waals surface area contributed by atoms with Crippen molar-refractivity contribution >= 4 is 15.9 Å². The molecule has 9 nitrogen and oxygen atoms in total. The number of benzene rings is 2. The molecule has 37 heavy (non-hydrogen) atoms. The Hall–Kier alpha value is -3.21. The zero-order valence-electron chi connectivity index (χ0n) is 21.3. The normalized spacial score (nSPS) is 17.0. The second kappa shape index (κ2) is 10.3. The Bertz CT molecular complexity index is 1450. The molecule has 0 saturated carbocycles. The van der Waals surface area contributed by atoms with Crippen LogP contribution in [-0.4, -0.2) is 50.4 Å². The summed E-state index contributed by atoms with van der Waals surface area (Å²) in [7, 11) is -2.33. The Kier molecular flexibility index (Phi) is 7.06. The average Bonchev–Trinajstić information content (AvgIpc) is 3.33. The van der Waals surface area contributed by atoms with Crippen LogP contribution in [0.4, 0.5) is 0 Å². The van der Waals surface area contributed by atoms with Crippen LogP contribution in [0, 0.1) is 6.92 Å². The van der Waals surface area contributed by atoms with Crippen LogP contribution in [0.25, 0.3) is 11.1 Å². The first-order chi connectivity index (χ1) is 17.8. The van der Waals surface area contributed by atoms with E-state index >= 15 is 0 Å². The minimum Gasteiger partial charge on any atom is -0.476 e. The van der Waals surface area contributed by atoms with Gasteiger partial charge in [0, 0.05) is 6.07 Å². The number of nitrogens with zero attached hydrogens (tertiary/aromatic N) is 2. The number of carbonyl (C=O) groups is 1. The van der Waals surface area contributed by atoms with Gasteiger partial charge in [-0.05, 0) is 71.8 Å². The number of carbonyl (C=O) groups excluding carboxylic acids is 1. The first-order valence-electron chi connectivity index (χ1n) is 12.5. The third-order valence-corrected chi connectivity index (χ3v) is 8.32. The number of aromatic nitrogens is 2. The van der Waals surface area contributed by atoms with E-state index in [0.717, 1.165) is 47.3 Å². The highest BCUT2D eigenvalue weighted by Gasteiger charge is 2.27. The van der Waals surface area contributed by atoms with Crippen LogP contribution >= 0.6 is 0 Å². The van der Waals surface area contributed by atoms with Crippen LogP contribution in [0.3, 0.4) is 0 Å². The molecule has 1 atom stereocenters. The first-order valence-corrected chi connectivity index (χ1v) is 14.0. The Morgan fingerprint density at radius 2 is 2.00 bits per heavy atom. The van der Waals surface area contributed by atoms with Gasteiger partial charge < -0.3 is 14.8 Å². The highest BCUT2D eigenvalue weighted by molar-refractivity contribution is 7.90. The molecule has 5 rings (SSSR count). The fraction of sp³-hybridized carbons (Fsp3) is 0.407. The summed E-state index contributed by atoms with van der Waals surface area (Å²) < 4.78 is 40.7. The maximum Gasteiger partial charge on any atom is 0.283 e. The molecule has 1 aromatic heterocycles. The Morgan fingerprint density at radius 1 is 1.16 bits per heavy atom. The average molecular weight is 525 g/mol. The Labute approximate surface area is 217 Å². The third-order valence-electron chi connectivity index (χ3n) is 7.07. The topological polar surface area (TPSA) is 112 Å². The molecule has 196 valence electrons. The molecule has 0 aliphatic carbocycles. The maximum absolute atomic E-state index is 12.9. The van der Waals surface area contributed by atoms with Crippen molar-refractivity contribution in [2.75, 3.05) is 20.3 Å². The molecular formula is C27H32N4O5S. The molecule has 0 bridgehead atoms. The lowest BCUT2D eigenvalue weighted by molar-refractivity contribution is -0.118. The maximum atomic E-state index is 12.9. The molecule has 0 spiro atoms. The fourth-order valence-corrected chi connectivity index (χ4v) is 5.89. The van der Waals surface area contributed by atoms with Crippen LogP contribution in [0.15, 0.2) is 41.4 Å². The summed E-state index contributed by atoms with van der Waals surface area (Å²) in [6.07, 6.45) is 1.60. The molecule has 2 aromatic carbocycles. The Balaban J connectivity index is 1.34. The van der Waals surface area contributed by atoms with E-state index in [1.165, 1.54) is 21.9 Å². The predicted octanol–water partition coefficient (Wildman–Crippen LogP) is 2.52. The lowest BCUT2D eigenvalue weighted by Gasteiger charge is -2.23. The third kappa shape index (κ3) is 5.27. The number of likely N-dealkylation sites (N-methyl/N-ethyl adjacent to an activating group) is 1. The van der Waals surface area contributed by atoms with Crippen molar-refractivity contribution in [2.45, 2.75) is 57.3 Å². The second-order valence-electron chi connectivity index (χ2n) is 9.58. The smallest absolute Gasteiger partial charge is 0.283 e. The van der Waals surface area contributed by atoms with Crippen LogP contribution in [0.5, 0.6) is 5.88 Å². The van der Waals surface area contributed by atoms with Gasteiger partial charge in [-0.15, -0.1) is 0 Å². The Morgan fingerprint density at radius 3 is 2.78 bits per heavy atom. The predicted molar refractivity (Wildman–Crippen MR) is 139 cm³/mol. The lowest BCUT2D eigenvalue weighted by Crippen LogP contribution is -2.39. The SMILES string of the molecule is CCc1cc(-c2ccc3c(c2)COCC3)cc(C)c1CC(=O)NS(=O)(=O)c1cc2n(n1)C[C@H](NC)CO2. The van der Waals surface area contributed by atoms with Gasteiger partial charge in [-0.25, -0.2) is 9.40 Å². The van der Waals surface area contributed by atoms with E-state index < -0.39 is 15.9 Å². The number of ether oxygens (including phenoxy) is 2. The van der Waals surface area contributed by atoms with E-state index in [9.17, 15) is 13.2 Å². The number of hydrogen-bond acceptors (Lipinski definition) is 7. The van der Waals surface area contributed by atoms with E-state index in [1.807, 2.05) is 13.8 Å². The number of sulfonamides is 1. The number of amides is 1. The highest BCUT2D eigenvalue weighted by atomic mass is 32.2. The van der Waals surface area contributed by atoms with Gasteiger partial charge in [0.05, 0.1) is 32.2 Å². The second-order valence-corrected chi connectivity index (χ2v) is 11.2. The molecule has 10 heteroatoms. The number of nitrogens with one attached hydrogen (secondary N) is 2. The summed E-state index contributed by atoms with van der Waals surface area (Å²) in [6, 6.07) is 12.0. The molecule has 0 unspecified atom stereocenters. The standard InChI is InChI=1S/C27H32N4O5S/c1-4-18-10-21(20-6-5-19-7-8-35-15-22(19)11-20)9-17(2)24(18)12-25(32)30-37(33,34)26-13-27-31(29-26)14-23(28-3)16-36-27/h5-6,9-11,13,23,28H,4,7-8,12,14-16H2,1-3H3,(H,30,32)/t23-/m0/s1. The summed E-state index contributed by atoms with van der Waals surface area (Å²) in [5.41, 5.74) is 7.50. The van der Waals surface area contributed by atoms with E-state index in [-0.39, 0.29) is 17.5 Å². The van der Waals surface area contributed by atoms with Crippen molar-refractivity contribution in [3.05, 3.63) is 64.2 Å². The molecule has 2 aliphatic heterocycles. The van der Waals surface area contributed by atoms with Gasteiger partial charge in [0.15, 0.2) is 0 Å². The number of rotatable bonds is 7. The van der Waals surface area contributed by atoms with Gasteiger partial charge in [-0.2, -0.15) is 13.5 Å². The summed E-state index contributed by atoms with van der Waals surface area (Å²) in [4.78, 5) is 12.9. The van der Waals surface area contributed by atoms with Crippen LogP contribution < -0.4 is 14.8 Å². The van der Waals surface area contributed by atoms with Crippen molar-refractivity contribution in [3.63, 3.8) is 0 Å². The van der Waals surface area contributed by atoms with Crippen molar-refractivity contribution in [1.29, 1.82) is 0 Å². The monoisotopic (exact) mass is 524 g/mol. The first kappa shape index (κ1) is 25.4. The zero-order chi connectivity index (χ0) is 26.2. The zero-order valence-corrected chi connectivity index (χ0v) is 22.2. The quantitative estimate of drug-likeness (QED) is 0.489. The molecule has 0 fully saturated rings. The molecular weight excluding hydrogens is 492 g/mol. The lowest BCUT2D eigenvalue weighted by atomic mass is 9.90. The number of fused-ring (bicyclic) bond motifs is 2. The van der Waals surface area contributed by atoms with E-state index in [4.69, 9.17) is 9.47 Å². The summed E-state index contributed by atoms with van der Waals surface area (Å²) in [6.45, 7) is 6.27. The molecule has 1 amide bonds. The van der Waals surface area contributed by atoms with Gasteiger partial charge in [0.25, 0.3) is 10.0 Å².